The smallest absolute Gasteiger partial charge is 0.122 e. The molecule has 2 fully saturated rings. The van der Waals surface area contributed by atoms with Crippen molar-refractivity contribution in [2.45, 2.75) is 52.0 Å². The number of rotatable bonds is 7. The molecule has 4 heteroatoms. The van der Waals surface area contributed by atoms with E-state index in [1.165, 1.54) is 69.4 Å². The molecule has 5 rings (SSSR count). The zero-order valence-corrected chi connectivity index (χ0v) is 22.4. The number of nitrogens with zero attached hydrogens (tertiary/aromatic N) is 3. The third-order valence-corrected chi connectivity index (χ3v) is 7.71. The Balaban J connectivity index is 1.14. The Hall–Kier alpha value is -3.13. The van der Waals surface area contributed by atoms with Crippen LogP contribution in [0.1, 0.15) is 54.5 Å². The molecule has 0 bridgehead atoms. The number of piperidine rings is 1. The van der Waals surface area contributed by atoms with Crippen LogP contribution in [0.5, 0.6) is 5.75 Å². The van der Waals surface area contributed by atoms with E-state index in [0.29, 0.717) is 6.04 Å². The predicted molar refractivity (Wildman–Crippen MR) is 152 cm³/mol. The zero-order chi connectivity index (χ0) is 25.5. The largest absolute Gasteiger partial charge is 0.492 e. The lowest BCUT2D eigenvalue weighted by Crippen LogP contribution is -2.47. The average Bonchev–Trinajstić information content (AvgIpc) is 3.43. The molecular formula is C33H39N3O. The van der Waals surface area contributed by atoms with Gasteiger partial charge in [0.05, 0.1) is 0 Å². The lowest BCUT2D eigenvalue weighted by molar-refractivity contribution is 0.0963. The SMILES string of the molecule is Cc1ccc(-c2ccc(C#Cc3ccc(OCCN4CCCCC4CN4CCCC4)c(C)c3)nc2)cc1. The van der Waals surface area contributed by atoms with Gasteiger partial charge < -0.3 is 9.64 Å². The van der Waals surface area contributed by atoms with Crippen molar-refractivity contribution in [2.75, 3.05) is 39.3 Å². The number of pyridine rings is 1. The number of hydrogen-bond donors (Lipinski definition) is 0. The third-order valence-electron chi connectivity index (χ3n) is 7.71. The van der Waals surface area contributed by atoms with Crippen LogP contribution in [0.25, 0.3) is 11.1 Å². The quantitative estimate of drug-likeness (QED) is 0.372. The first-order valence-electron chi connectivity index (χ1n) is 13.9. The maximum Gasteiger partial charge on any atom is 0.122 e. The highest BCUT2D eigenvalue weighted by molar-refractivity contribution is 5.63. The van der Waals surface area contributed by atoms with Gasteiger partial charge in [0.15, 0.2) is 0 Å². The Morgan fingerprint density at radius 2 is 1.65 bits per heavy atom. The number of ether oxygens (including phenoxy) is 1. The van der Waals surface area contributed by atoms with Gasteiger partial charge in [-0.25, -0.2) is 4.98 Å². The van der Waals surface area contributed by atoms with E-state index in [4.69, 9.17) is 4.74 Å². The van der Waals surface area contributed by atoms with Crippen molar-refractivity contribution in [1.29, 1.82) is 0 Å². The minimum atomic E-state index is 0.689. The van der Waals surface area contributed by atoms with Gasteiger partial charge in [0, 0.05) is 36.5 Å². The summed E-state index contributed by atoms with van der Waals surface area (Å²) in [7, 11) is 0. The van der Waals surface area contributed by atoms with Crippen LogP contribution in [0.3, 0.4) is 0 Å². The molecule has 0 N–H and O–H groups in total. The van der Waals surface area contributed by atoms with Gasteiger partial charge in [-0.15, -0.1) is 0 Å². The molecule has 2 aromatic carbocycles. The number of likely N-dealkylation sites (tertiary alicyclic amines) is 2. The van der Waals surface area contributed by atoms with E-state index in [2.05, 4.69) is 82.9 Å². The van der Waals surface area contributed by atoms with Crippen molar-refractivity contribution >= 4 is 0 Å². The number of aromatic nitrogens is 1. The summed E-state index contributed by atoms with van der Waals surface area (Å²) in [6.45, 7) is 10.9. The lowest BCUT2D eigenvalue weighted by Gasteiger charge is -2.37. The van der Waals surface area contributed by atoms with Crippen LogP contribution < -0.4 is 4.74 Å². The second-order valence-corrected chi connectivity index (χ2v) is 10.6. The van der Waals surface area contributed by atoms with Gasteiger partial charge in [0.25, 0.3) is 0 Å². The fourth-order valence-corrected chi connectivity index (χ4v) is 5.51. The first-order chi connectivity index (χ1) is 18.1. The van der Waals surface area contributed by atoms with E-state index < -0.39 is 0 Å². The first kappa shape index (κ1) is 25.5. The Labute approximate surface area is 222 Å². The standard InChI is InChI=1S/C33H39N3O/c1-26-8-12-29(13-9-26)30-14-16-31(34-24-30)15-10-28-11-17-33(27(2)23-28)37-22-21-36-20-4-3-7-32(36)25-35-18-5-6-19-35/h8-9,11-14,16-17,23-24,32H,3-7,18-22,25H2,1-2H3. The molecule has 4 nitrogen and oxygen atoms in total. The van der Waals surface area contributed by atoms with Crippen LogP contribution in [0.2, 0.25) is 0 Å². The van der Waals surface area contributed by atoms with Crippen LogP contribution in [0.15, 0.2) is 60.8 Å². The predicted octanol–water partition coefficient (Wildman–Crippen LogP) is 6.09. The molecule has 37 heavy (non-hydrogen) atoms. The van der Waals surface area contributed by atoms with Crippen LogP contribution in [0.4, 0.5) is 0 Å². The summed E-state index contributed by atoms with van der Waals surface area (Å²) in [6.07, 6.45) is 8.64. The van der Waals surface area contributed by atoms with Crippen LogP contribution in [-0.2, 0) is 0 Å². The molecule has 0 aliphatic carbocycles. The summed E-state index contributed by atoms with van der Waals surface area (Å²) in [5.41, 5.74) is 6.42. The molecule has 3 heterocycles. The molecule has 3 aromatic rings. The average molecular weight is 494 g/mol. The summed E-state index contributed by atoms with van der Waals surface area (Å²) in [5, 5.41) is 0. The first-order valence-corrected chi connectivity index (χ1v) is 13.9. The minimum absolute atomic E-state index is 0.689. The lowest BCUT2D eigenvalue weighted by atomic mass is 10.0. The summed E-state index contributed by atoms with van der Waals surface area (Å²) >= 11 is 0. The van der Waals surface area contributed by atoms with E-state index in [1.807, 2.05) is 18.3 Å². The number of aryl methyl sites for hydroxylation is 2. The van der Waals surface area contributed by atoms with Crippen molar-refractivity contribution < 1.29 is 4.74 Å². The highest BCUT2D eigenvalue weighted by Crippen LogP contribution is 2.22. The summed E-state index contributed by atoms with van der Waals surface area (Å²) < 4.78 is 6.22. The van der Waals surface area contributed by atoms with Crippen molar-refractivity contribution in [3.05, 3.63) is 83.2 Å². The number of hydrogen-bond acceptors (Lipinski definition) is 4. The van der Waals surface area contributed by atoms with E-state index in [1.54, 1.807) is 0 Å². The van der Waals surface area contributed by atoms with Crippen LogP contribution >= 0.6 is 0 Å². The van der Waals surface area contributed by atoms with Gasteiger partial charge in [-0.1, -0.05) is 48.2 Å². The van der Waals surface area contributed by atoms with Crippen LogP contribution in [-0.4, -0.2) is 60.2 Å². The minimum Gasteiger partial charge on any atom is -0.492 e. The molecule has 2 saturated heterocycles. The monoisotopic (exact) mass is 493 g/mol. The van der Waals surface area contributed by atoms with Gasteiger partial charge in [0.2, 0.25) is 0 Å². The molecule has 0 radical (unpaired) electrons. The van der Waals surface area contributed by atoms with E-state index in [0.717, 1.165) is 41.3 Å². The van der Waals surface area contributed by atoms with Crippen LogP contribution in [0, 0.1) is 25.7 Å². The van der Waals surface area contributed by atoms with Gasteiger partial charge in [0.1, 0.15) is 18.1 Å². The normalized spacial score (nSPS) is 18.4. The molecule has 1 unspecified atom stereocenters. The fraction of sp³-hybridized carbons (Fsp3) is 0.424. The molecule has 0 amide bonds. The summed E-state index contributed by atoms with van der Waals surface area (Å²) in [4.78, 5) is 9.86. The Morgan fingerprint density at radius 1 is 0.865 bits per heavy atom. The molecule has 2 aliphatic heterocycles. The fourth-order valence-electron chi connectivity index (χ4n) is 5.51. The topological polar surface area (TPSA) is 28.6 Å². The molecule has 1 aromatic heterocycles. The molecule has 0 saturated carbocycles. The Bertz CT molecular complexity index is 1220. The van der Waals surface area contributed by atoms with E-state index >= 15 is 0 Å². The number of benzene rings is 2. The molecule has 2 aliphatic rings. The van der Waals surface area contributed by atoms with Gasteiger partial charge in [-0.05, 0) is 100 Å². The van der Waals surface area contributed by atoms with Crippen molar-refractivity contribution in [2.24, 2.45) is 0 Å². The molecule has 192 valence electrons. The molecular weight excluding hydrogens is 454 g/mol. The second kappa shape index (κ2) is 12.4. The molecule has 0 spiro atoms. The Kier molecular flexibility index (Phi) is 8.56. The second-order valence-electron chi connectivity index (χ2n) is 10.6. The van der Waals surface area contributed by atoms with Crippen molar-refractivity contribution in [3.63, 3.8) is 0 Å². The zero-order valence-electron chi connectivity index (χ0n) is 22.4. The van der Waals surface area contributed by atoms with Gasteiger partial charge >= 0.3 is 0 Å². The van der Waals surface area contributed by atoms with Gasteiger partial charge in [-0.2, -0.15) is 0 Å². The highest BCUT2D eigenvalue weighted by Gasteiger charge is 2.25. The summed E-state index contributed by atoms with van der Waals surface area (Å²) in [5.74, 6) is 7.42. The van der Waals surface area contributed by atoms with Crippen molar-refractivity contribution in [1.82, 2.24) is 14.8 Å². The maximum atomic E-state index is 6.22. The maximum absolute atomic E-state index is 6.22. The van der Waals surface area contributed by atoms with E-state index in [-0.39, 0.29) is 0 Å². The van der Waals surface area contributed by atoms with E-state index in [9.17, 15) is 0 Å². The molecule has 1 atom stereocenters. The summed E-state index contributed by atoms with van der Waals surface area (Å²) in [6, 6.07) is 19.5. The van der Waals surface area contributed by atoms with Gasteiger partial charge in [-0.3, -0.25) is 4.90 Å². The van der Waals surface area contributed by atoms with Crippen molar-refractivity contribution in [3.8, 4) is 28.7 Å². The third kappa shape index (κ3) is 7.01. The highest BCUT2D eigenvalue weighted by atomic mass is 16.5. The Morgan fingerprint density at radius 3 is 2.41 bits per heavy atom.